The van der Waals surface area contributed by atoms with E-state index in [0.29, 0.717) is 22.8 Å². The minimum absolute atomic E-state index is 0.0120. The first-order valence-electron chi connectivity index (χ1n) is 8.13. The van der Waals surface area contributed by atoms with Gasteiger partial charge in [-0.25, -0.2) is 9.37 Å². The minimum atomic E-state index is -0.342. The topological polar surface area (TPSA) is 86.7 Å². The Hall–Kier alpha value is -2.74. The van der Waals surface area contributed by atoms with Crippen molar-refractivity contribution in [3.05, 3.63) is 62.8 Å². The fraction of sp³-hybridized carbons (Fsp3) is 0.278. The first-order valence-corrected chi connectivity index (χ1v) is 8.95. The predicted molar refractivity (Wildman–Crippen MR) is 94.9 cm³/mol. The monoisotopic (exact) mass is 373 g/mol. The molecule has 1 amide bonds. The number of benzene rings is 1. The summed E-state index contributed by atoms with van der Waals surface area (Å²) in [4.78, 5) is 30.0. The summed E-state index contributed by atoms with van der Waals surface area (Å²) < 4.78 is 20.1. The summed E-state index contributed by atoms with van der Waals surface area (Å²) in [6.07, 6.45) is 0.671. The lowest BCUT2D eigenvalue weighted by molar-refractivity contribution is -0.119. The van der Waals surface area contributed by atoms with Crippen molar-refractivity contribution in [1.82, 2.24) is 9.38 Å². The van der Waals surface area contributed by atoms with Crippen LogP contribution in [0.4, 0.5) is 4.39 Å². The number of nitrogens with two attached hydrogens (primary N) is 1. The molecule has 4 rings (SSSR count). The van der Waals surface area contributed by atoms with Crippen molar-refractivity contribution in [3.8, 4) is 5.75 Å². The zero-order valence-electron chi connectivity index (χ0n) is 13.9. The molecule has 26 heavy (non-hydrogen) atoms. The Kier molecular flexibility index (Phi) is 3.99. The number of fused-ring (bicyclic) bond motifs is 1. The molecule has 1 aromatic carbocycles. The van der Waals surface area contributed by atoms with Crippen LogP contribution in [0.3, 0.4) is 0 Å². The Bertz CT molecular complexity index is 1060. The molecule has 134 valence electrons. The molecule has 0 radical (unpaired) electrons. The number of carbonyl (C=O) groups is 1. The van der Waals surface area contributed by atoms with Gasteiger partial charge >= 0.3 is 0 Å². The number of aromatic nitrogens is 2. The van der Waals surface area contributed by atoms with Gasteiger partial charge in [-0.2, -0.15) is 0 Å². The molecular weight excluding hydrogens is 357 g/mol. The normalized spacial score (nSPS) is 18.8. The van der Waals surface area contributed by atoms with Crippen LogP contribution in [0.15, 0.2) is 35.1 Å². The Morgan fingerprint density at radius 3 is 2.81 bits per heavy atom. The smallest absolute Gasteiger partial charge is 0.259 e. The fourth-order valence-electron chi connectivity index (χ4n) is 3.14. The molecule has 1 aliphatic carbocycles. The summed E-state index contributed by atoms with van der Waals surface area (Å²) in [5, 5.41) is 0. The third-order valence-electron chi connectivity index (χ3n) is 4.49. The van der Waals surface area contributed by atoms with Crippen LogP contribution in [0.5, 0.6) is 5.75 Å². The van der Waals surface area contributed by atoms with Crippen LogP contribution in [0.25, 0.3) is 4.96 Å². The van der Waals surface area contributed by atoms with Gasteiger partial charge in [0.25, 0.3) is 5.56 Å². The Morgan fingerprint density at radius 1 is 1.42 bits per heavy atom. The second-order valence-electron chi connectivity index (χ2n) is 6.34. The second kappa shape index (κ2) is 6.21. The summed E-state index contributed by atoms with van der Waals surface area (Å²) in [5.41, 5.74) is 6.50. The number of ether oxygens (including phenoxy) is 1. The van der Waals surface area contributed by atoms with Gasteiger partial charge in [-0.3, -0.25) is 14.0 Å². The molecule has 0 saturated heterocycles. The van der Waals surface area contributed by atoms with Crippen LogP contribution >= 0.6 is 11.3 Å². The van der Waals surface area contributed by atoms with Gasteiger partial charge in [-0.1, -0.05) is 0 Å². The van der Waals surface area contributed by atoms with E-state index in [4.69, 9.17) is 10.5 Å². The summed E-state index contributed by atoms with van der Waals surface area (Å²) in [6.45, 7) is 2.02. The summed E-state index contributed by atoms with van der Waals surface area (Å²) in [7, 11) is 0. The van der Waals surface area contributed by atoms with Crippen molar-refractivity contribution >= 4 is 22.2 Å². The summed E-state index contributed by atoms with van der Waals surface area (Å²) in [5.74, 6) is -0.397. The zero-order chi connectivity index (χ0) is 18.4. The molecule has 0 spiro atoms. The summed E-state index contributed by atoms with van der Waals surface area (Å²) in [6, 6.07) is 7.07. The average molecular weight is 373 g/mol. The lowest BCUT2D eigenvalue weighted by Crippen LogP contribution is -2.19. The van der Waals surface area contributed by atoms with Gasteiger partial charge in [0.2, 0.25) is 5.91 Å². The second-order valence-corrected chi connectivity index (χ2v) is 7.52. The minimum Gasteiger partial charge on any atom is -0.487 e. The molecule has 2 aromatic heterocycles. The van der Waals surface area contributed by atoms with Crippen LogP contribution < -0.4 is 16.0 Å². The van der Waals surface area contributed by atoms with Gasteiger partial charge in [-0.05, 0) is 37.6 Å². The van der Waals surface area contributed by atoms with Crippen molar-refractivity contribution in [2.24, 2.45) is 11.7 Å². The first-order chi connectivity index (χ1) is 12.4. The van der Waals surface area contributed by atoms with Crippen molar-refractivity contribution in [3.63, 3.8) is 0 Å². The van der Waals surface area contributed by atoms with E-state index in [1.165, 1.54) is 41.7 Å². The maximum Gasteiger partial charge on any atom is 0.259 e. The molecular formula is C18H16FN3O3S. The first kappa shape index (κ1) is 16.7. The van der Waals surface area contributed by atoms with Crippen LogP contribution in [0.2, 0.25) is 0 Å². The van der Waals surface area contributed by atoms with Gasteiger partial charge in [0.1, 0.15) is 18.2 Å². The molecule has 2 N–H and O–H groups in total. The van der Waals surface area contributed by atoms with Crippen molar-refractivity contribution in [1.29, 1.82) is 0 Å². The molecule has 2 unspecified atom stereocenters. The molecule has 2 heterocycles. The Morgan fingerprint density at radius 2 is 2.15 bits per heavy atom. The molecule has 0 aliphatic heterocycles. The highest BCUT2D eigenvalue weighted by Crippen LogP contribution is 2.49. The van der Waals surface area contributed by atoms with E-state index in [-0.39, 0.29) is 35.7 Å². The van der Waals surface area contributed by atoms with Gasteiger partial charge in [-0.15, -0.1) is 11.3 Å². The molecule has 1 aliphatic rings. The largest absolute Gasteiger partial charge is 0.487 e. The summed E-state index contributed by atoms with van der Waals surface area (Å²) >= 11 is 1.41. The van der Waals surface area contributed by atoms with Crippen molar-refractivity contribution in [2.75, 3.05) is 0 Å². The third-order valence-corrected chi connectivity index (χ3v) is 5.47. The predicted octanol–water partition coefficient (Wildman–Crippen LogP) is 2.37. The molecule has 8 heteroatoms. The number of rotatable bonds is 5. The number of aryl methyl sites for hydroxylation is 1. The van der Waals surface area contributed by atoms with E-state index < -0.39 is 0 Å². The molecule has 2 atom stereocenters. The maximum absolute atomic E-state index is 12.9. The third kappa shape index (κ3) is 2.96. The van der Waals surface area contributed by atoms with E-state index in [2.05, 4.69) is 4.98 Å². The molecule has 0 bridgehead atoms. The van der Waals surface area contributed by atoms with Gasteiger partial charge < -0.3 is 10.5 Å². The molecule has 1 fully saturated rings. The van der Waals surface area contributed by atoms with E-state index in [1.54, 1.807) is 4.40 Å². The van der Waals surface area contributed by atoms with Gasteiger partial charge in [0.15, 0.2) is 4.96 Å². The Labute approximate surface area is 152 Å². The number of hydrogen-bond donors (Lipinski definition) is 1. The number of amides is 1. The van der Waals surface area contributed by atoms with Crippen LogP contribution in [0.1, 0.15) is 28.6 Å². The molecule has 1 saturated carbocycles. The number of hydrogen-bond acceptors (Lipinski definition) is 5. The number of primary amides is 1. The van der Waals surface area contributed by atoms with Crippen LogP contribution in [0, 0.1) is 18.7 Å². The standard InChI is InChI=1S/C18H16FN3O3S/c1-9-16(13-7-14(13)17(20)24)22-15(23)6-11(21-18(22)26-9)8-25-12-4-2-10(19)3-5-12/h2-6,13-14H,7-8H2,1H3,(H2,20,24). The molecule has 3 aromatic rings. The van der Waals surface area contributed by atoms with Gasteiger partial charge in [0, 0.05) is 28.5 Å². The lowest BCUT2D eigenvalue weighted by Gasteiger charge is -2.06. The van der Waals surface area contributed by atoms with Crippen molar-refractivity contribution in [2.45, 2.75) is 25.9 Å². The highest BCUT2D eigenvalue weighted by molar-refractivity contribution is 7.17. The van der Waals surface area contributed by atoms with Gasteiger partial charge in [0.05, 0.1) is 5.69 Å². The van der Waals surface area contributed by atoms with E-state index >= 15 is 0 Å². The molecule has 6 nitrogen and oxygen atoms in total. The van der Waals surface area contributed by atoms with E-state index in [1.807, 2.05) is 6.92 Å². The number of thiazole rings is 1. The van der Waals surface area contributed by atoms with Crippen LogP contribution in [-0.2, 0) is 11.4 Å². The maximum atomic E-state index is 12.9. The van der Waals surface area contributed by atoms with E-state index in [0.717, 1.165) is 10.6 Å². The SMILES string of the molecule is Cc1sc2nc(COc3ccc(F)cc3)cc(=O)n2c1C1CC1C(N)=O. The Balaban J connectivity index is 1.62. The number of nitrogens with zero attached hydrogens (tertiary/aromatic N) is 2. The van der Waals surface area contributed by atoms with E-state index in [9.17, 15) is 14.0 Å². The van der Waals surface area contributed by atoms with Crippen molar-refractivity contribution < 1.29 is 13.9 Å². The highest BCUT2D eigenvalue weighted by Gasteiger charge is 2.45. The number of carbonyl (C=O) groups excluding carboxylic acids is 1. The van der Waals surface area contributed by atoms with Crippen LogP contribution in [-0.4, -0.2) is 15.3 Å². The zero-order valence-corrected chi connectivity index (χ0v) is 14.8. The lowest BCUT2D eigenvalue weighted by atomic mass is 10.2. The quantitative estimate of drug-likeness (QED) is 0.744. The highest BCUT2D eigenvalue weighted by atomic mass is 32.1. The fourth-order valence-corrected chi connectivity index (χ4v) is 4.21. The number of halogens is 1. The average Bonchev–Trinajstić information content (AvgIpc) is 3.31.